The van der Waals surface area contributed by atoms with Gasteiger partial charge in [0.15, 0.2) is 0 Å². The van der Waals surface area contributed by atoms with Gasteiger partial charge in [0.1, 0.15) is 0 Å². The monoisotopic (exact) mass is 288 g/mol. The molecule has 1 N–H and O–H groups in total. The standard InChI is InChI=1S/C18H28N2O/c1-6-16-8-10-17(11-9-16)15(5)19-12-18(21)20(7-2)13-14(3)4/h8-11,15,19H,3,6-7,12-13H2,1-2,4-5H3. The summed E-state index contributed by atoms with van der Waals surface area (Å²) in [5.41, 5.74) is 3.55. The van der Waals surface area contributed by atoms with Crippen LogP contribution >= 0.6 is 0 Å². The largest absolute Gasteiger partial charge is 0.338 e. The minimum atomic E-state index is 0.123. The number of nitrogens with zero attached hydrogens (tertiary/aromatic N) is 1. The number of likely N-dealkylation sites (N-methyl/N-ethyl adjacent to an activating group) is 1. The summed E-state index contributed by atoms with van der Waals surface area (Å²) in [7, 11) is 0. The lowest BCUT2D eigenvalue weighted by Crippen LogP contribution is -2.39. The lowest BCUT2D eigenvalue weighted by atomic mass is 10.1. The number of hydrogen-bond donors (Lipinski definition) is 1. The van der Waals surface area contributed by atoms with Crippen LogP contribution in [0.25, 0.3) is 0 Å². The second-order valence-electron chi connectivity index (χ2n) is 5.56. The molecule has 0 aliphatic carbocycles. The number of rotatable bonds is 8. The van der Waals surface area contributed by atoms with E-state index in [-0.39, 0.29) is 11.9 Å². The van der Waals surface area contributed by atoms with E-state index in [1.54, 1.807) is 0 Å². The fourth-order valence-corrected chi connectivity index (χ4v) is 2.21. The zero-order valence-corrected chi connectivity index (χ0v) is 13.8. The fourth-order valence-electron chi connectivity index (χ4n) is 2.21. The van der Waals surface area contributed by atoms with Crippen LogP contribution < -0.4 is 5.32 Å². The second-order valence-corrected chi connectivity index (χ2v) is 5.56. The number of carbonyl (C=O) groups excluding carboxylic acids is 1. The molecule has 0 saturated heterocycles. The van der Waals surface area contributed by atoms with Gasteiger partial charge in [-0.1, -0.05) is 43.3 Å². The summed E-state index contributed by atoms with van der Waals surface area (Å²) in [4.78, 5) is 14.0. The quantitative estimate of drug-likeness (QED) is 0.744. The van der Waals surface area contributed by atoms with Gasteiger partial charge in [-0.25, -0.2) is 0 Å². The summed E-state index contributed by atoms with van der Waals surface area (Å²) >= 11 is 0. The van der Waals surface area contributed by atoms with Crippen molar-refractivity contribution < 1.29 is 4.79 Å². The van der Waals surface area contributed by atoms with Crippen molar-refractivity contribution in [2.75, 3.05) is 19.6 Å². The van der Waals surface area contributed by atoms with Crippen LogP contribution in [0, 0.1) is 0 Å². The van der Waals surface area contributed by atoms with Gasteiger partial charge in [0.2, 0.25) is 5.91 Å². The molecule has 0 spiro atoms. The predicted octanol–water partition coefficient (Wildman–Crippen LogP) is 3.32. The lowest BCUT2D eigenvalue weighted by molar-refractivity contribution is -0.129. The molecular formula is C18H28N2O. The number of aryl methyl sites for hydroxylation is 1. The molecule has 0 bridgehead atoms. The Labute approximate surface area is 129 Å². The summed E-state index contributed by atoms with van der Waals surface area (Å²) in [5.74, 6) is 0.123. The molecule has 0 aromatic heterocycles. The highest BCUT2D eigenvalue weighted by Crippen LogP contribution is 2.13. The summed E-state index contributed by atoms with van der Waals surface area (Å²) in [6, 6.07) is 8.73. The molecule has 0 fully saturated rings. The SMILES string of the molecule is C=C(C)CN(CC)C(=O)CNC(C)c1ccc(CC)cc1. The van der Waals surface area contributed by atoms with Gasteiger partial charge in [0.25, 0.3) is 0 Å². The Kier molecular flexibility index (Phi) is 7.17. The summed E-state index contributed by atoms with van der Waals surface area (Å²) in [6.07, 6.45) is 1.05. The van der Waals surface area contributed by atoms with E-state index in [4.69, 9.17) is 0 Å². The number of amides is 1. The van der Waals surface area contributed by atoms with E-state index < -0.39 is 0 Å². The van der Waals surface area contributed by atoms with Crippen LogP contribution in [-0.4, -0.2) is 30.4 Å². The number of carbonyl (C=O) groups is 1. The average molecular weight is 288 g/mol. The first kappa shape index (κ1) is 17.4. The number of hydrogen-bond acceptors (Lipinski definition) is 2. The first-order valence-electron chi connectivity index (χ1n) is 7.72. The van der Waals surface area contributed by atoms with Crippen molar-refractivity contribution in [1.29, 1.82) is 0 Å². The molecule has 1 unspecified atom stereocenters. The third-order valence-corrected chi connectivity index (χ3v) is 3.64. The molecule has 0 saturated carbocycles. The van der Waals surface area contributed by atoms with E-state index >= 15 is 0 Å². The Bertz CT molecular complexity index is 465. The van der Waals surface area contributed by atoms with Crippen LogP contribution in [0.3, 0.4) is 0 Å². The third kappa shape index (κ3) is 5.72. The summed E-state index contributed by atoms with van der Waals surface area (Å²) in [5, 5.41) is 3.30. The Morgan fingerprint density at radius 3 is 2.38 bits per heavy atom. The van der Waals surface area contributed by atoms with Crippen LogP contribution in [0.1, 0.15) is 44.9 Å². The van der Waals surface area contributed by atoms with Gasteiger partial charge >= 0.3 is 0 Å². The average Bonchev–Trinajstić information content (AvgIpc) is 2.49. The van der Waals surface area contributed by atoms with Gasteiger partial charge in [0.05, 0.1) is 6.54 Å². The molecule has 0 heterocycles. The molecule has 0 radical (unpaired) electrons. The Morgan fingerprint density at radius 1 is 1.29 bits per heavy atom. The Morgan fingerprint density at radius 2 is 1.90 bits per heavy atom. The second kappa shape index (κ2) is 8.63. The smallest absolute Gasteiger partial charge is 0.236 e. The molecule has 1 aromatic rings. The minimum absolute atomic E-state index is 0.123. The molecule has 0 aliphatic rings. The molecule has 3 nitrogen and oxygen atoms in total. The first-order valence-corrected chi connectivity index (χ1v) is 7.72. The van der Waals surface area contributed by atoms with Crippen molar-refractivity contribution in [2.45, 2.75) is 40.2 Å². The highest BCUT2D eigenvalue weighted by Gasteiger charge is 2.13. The maximum Gasteiger partial charge on any atom is 0.236 e. The van der Waals surface area contributed by atoms with Crippen molar-refractivity contribution in [3.8, 4) is 0 Å². The van der Waals surface area contributed by atoms with E-state index in [1.807, 2.05) is 18.7 Å². The van der Waals surface area contributed by atoms with Crippen molar-refractivity contribution in [3.63, 3.8) is 0 Å². The highest BCUT2D eigenvalue weighted by molar-refractivity contribution is 5.78. The van der Waals surface area contributed by atoms with Crippen LogP contribution in [0.4, 0.5) is 0 Å². The van der Waals surface area contributed by atoms with E-state index in [9.17, 15) is 4.79 Å². The van der Waals surface area contributed by atoms with Gasteiger partial charge in [-0.2, -0.15) is 0 Å². The molecule has 116 valence electrons. The topological polar surface area (TPSA) is 32.3 Å². The van der Waals surface area contributed by atoms with Crippen LogP contribution in [-0.2, 0) is 11.2 Å². The highest BCUT2D eigenvalue weighted by atomic mass is 16.2. The van der Waals surface area contributed by atoms with Gasteiger partial charge in [-0.3, -0.25) is 4.79 Å². The molecule has 3 heteroatoms. The molecule has 1 atom stereocenters. The summed E-state index contributed by atoms with van der Waals surface area (Å²) in [6.45, 7) is 13.8. The van der Waals surface area contributed by atoms with Crippen LogP contribution in [0.2, 0.25) is 0 Å². The Balaban J connectivity index is 2.52. The number of nitrogens with one attached hydrogen (secondary N) is 1. The molecule has 0 aliphatic heterocycles. The lowest BCUT2D eigenvalue weighted by Gasteiger charge is -2.22. The first-order chi connectivity index (χ1) is 9.97. The third-order valence-electron chi connectivity index (χ3n) is 3.64. The normalized spacial score (nSPS) is 12.0. The zero-order chi connectivity index (χ0) is 15.8. The van der Waals surface area contributed by atoms with Gasteiger partial charge < -0.3 is 10.2 Å². The minimum Gasteiger partial charge on any atom is -0.338 e. The molecule has 1 rings (SSSR count). The maximum atomic E-state index is 12.2. The van der Waals surface area contributed by atoms with Gasteiger partial charge in [-0.15, -0.1) is 0 Å². The van der Waals surface area contributed by atoms with Crippen molar-refractivity contribution in [2.24, 2.45) is 0 Å². The summed E-state index contributed by atoms with van der Waals surface area (Å²) < 4.78 is 0. The van der Waals surface area contributed by atoms with Crippen molar-refractivity contribution in [1.82, 2.24) is 10.2 Å². The molecule has 1 amide bonds. The van der Waals surface area contributed by atoms with E-state index in [0.29, 0.717) is 19.6 Å². The Hall–Kier alpha value is -1.61. The zero-order valence-electron chi connectivity index (χ0n) is 13.8. The predicted molar refractivity (Wildman–Crippen MR) is 89.3 cm³/mol. The maximum absolute atomic E-state index is 12.2. The van der Waals surface area contributed by atoms with E-state index in [1.165, 1.54) is 11.1 Å². The van der Waals surface area contributed by atoms with E-state index in [0.717, 1.165) is 12.0 Å². The van der Waals surface area contributed by atoms with Crippen LogP contribution in [0.15, 0.2) is 36.4 Å². The van der Waals surface area contributed by atoms with Crippen molar-refractivity contribution in [3.05, 3.63) is 47.5 Å². The van der Waals surface area contributed by atoms with Gasteiger partial charge in [0, 0.05) is 19.1 Å². The molecule has 21 heavy (non-hydrogen) atoms. The molecular weight excluding hydrogens is 260 g/mol. The molecule has 1 aromatic carbocycles. The van der Waals surface area contributed by atoms with Crippen molar-refractivity contribution >= 4 is 5.91 Å². The van der Waals surface area contributed by atoms with Gasteiger partial charge in [-0.05, 0) is 38.3 Å². The fraction of sp³-hybridized carbons (Fsp3) is 0.500. The van der Waals surface area contributed by atoms with E-state index in [2.05, 4.69) is 50.0 Å². The van der Waals surface area contributed by atoms with Crippen LogP contribution in [0.5, 0.6) is 0 Å². The number of benzene rings is 1.